The van der Waals surface area contributed by atoms with Crippen molar-refractivity contribution in [2.75, 3.05) is 13.1 Å². The van der Waals surface area contributed by atoms with Gasteiger partial charge in [-0.2, -0.15) is 0 Å². The fourth-order valence-electron chi connectivity index (χ4n) is 5.53. The van der Waals surface area contributed by atoms with Crippen LogP contribution in [0, 0.1) is 13.8 Å². The lowest BCUT2D eigenvalue weighted by molar-refractivity contribution is -0.132. The molecule has 0 bridgehead atoms. The van der Waals surface area contributed by atoms with Gasteiger partial charge in [-0.25, -0.2) is 9.97 Å². The van der Waals surface area contributed by atoms with E-state index >= 15 is 0 Å². The zero-order valence-corrected chi connectivity index (χ0v) is 19.8. The second-order valence-electron chi connectivity index (χ2n) is 9.58. The van der Waals surface area contributed by atoms with Crippen molar-refractivity contribution in [3.05, 3.63) is 53.5 Å². The first-order valence-electron chi connectivity index (χ1n) is 12.4. The molecule has 1 aliphatic heterocycles. The van der Waals surface area contributed by atoms with Gasteiger partial charge in [0.15, 0.2) is 0 Å². The van der Waals surface area contributed by atoms with Crippen LogP contribution in [0.3, 0.4) is 0 Å². The molecule has 1 aromatic carbocycles. The van der Waals surface area contributed by atoms with Crippen LogP contribution in [-0.2, 0) is 11.2 Å². The molecule has 174 valence electrons. The van der Waals surface area contributed by atoms with E-state index in [0.717, 1.165) is 43.4 Å². The van der Waals surface area contributed by atoms with Gasteiger partial charge in [0.05, 0.1) is 5.39 Å². The van der Waals surface area contributed by atoms with Gasteiger partial charge in [0.1, 0.15) is 18.1 Å². The highest BCUT2D eigenvalue weighted by molar-refractivity contribution is 5.86. The summed E-state index contributed by atoms with van der Waals surface area (Å²) in [5.41, 5.74) is 4.73. The van der Waals surface area contributed by atoms with Crippen LogP contribution in [0.5, 0.6) is 5.88 Å². The molecule has 3 aromatic rings. The number of carbonyl (C=O) groups is 1. The zero-order valence-electron chi connectivity index (χ0n) is 19.8. The first-order chi connectivity index (χ1) is 16.1. The lowest BCUT2D eigenvalue weighted by Crippen LogP contribution is -2.42. The Balaban J connectivity index is 1.23. The second kappa shape index (κ2) is 9.54. The molecular weight excluding hydrogens is 412 g/mol. The zero-order chi connectivity index (χ0) is 22.8. The second-order valence-corrected chi connectivity index (χ2v) is 9.58. The predicted molar refractivity (Wildman–Crippen MR) is 130 cm³/mol. The quantitative estimate of drug-likeness (QED) is 0.524. The number of ether oxygens (including phenoxy) is 1. The number of aromatic nitrogens is 3. The van der Waals surface area contributed by atoms with Gasteiger partial charge in [-0.1, -0.05) is 43.2 Å². The maximum Gasteiger partial charge on any atom is 0.226 e. The van der Waals surface area contributed by atoms with E-state index in [0.29, 0.717) is 18.3 Å². The van der Waals surface area contributed by atoms with Crippen LogP contribution >= 0.6 is 0 Å². The molecule has 3 heterocycles. The molecule has 2 aliphatic rings. The summed E-state index contributed by atoms with van der Waals surface area (Å²) >= 11 is 0. The first-order valence-corrected chi connectivity index (χ1v) is 12.4. The summed E-state index contributed by atoms with van der Waals surface area (Å²) < 4.78 is 8.85. The summed E-state index contributed by atoms with van der Waals surface area (Å²) in [7, 11) is 0. The molecule has 5 rings (SSSR count). The molecule has 0 N–H and O–H groups in total. The highest BCUT2D eigenvalue weighted by Gasteiger charge is 2.28. The van der Waals surface area contributed by atoms with Gasteiger partial charge in [0.25, 0.3) is 0 Å². The van der Waals surface area contributed by atoms with Crippen molar-refractivity contribution in [2.24, 2.45) is 0 Å². The maximum absolute atomic E-state index is 12.7. The molecule has 0 spiro atoms. The van der Waals surface area contributed by atoms with Crippen LogP contribution in [0.2, 0.25) is 0 Å². The van der Waals surface area contributed by atoms with Crippen LogP contribution in [0.25, 0.3) is 11.0 Å². The van der Waals surface area contributed by atoms with Crippen molar-refractivity contribution in [3.8, 4) is 5.88 Å². The number of hydrogen-bond donors (Lipinski definition) is 0. The van der Waals surface area contributed by atoms with E-state index in [1.165, 1.54) is 42.5 Å². The van der Waals surface area contributed by atoms with E-state index in [1.807, 2.05) is 23.1 Å². The normalized spacial score (nSPS) is 17.7. The summed E-state index contributed by atoms with van der Waals surface area (Å²) in [6.07, 6.45) is 9.79. The Bertz CT molecular complexity index is 1110. The molecule has 33 heavy (non-hydrogen) atoms. The minimum Gasteiger partial charge on any atom is -0.474 e. The number of benzene rings is 1. The van der Waals surface area contributed by atoms with Crippen molar-refractivity contribution in [2.45, 2.75) is 77.4 Å². The molecule has 1 saturated heterocycles. The molecule has 0 radical (unpaired) electrons. The molecule has 2 aromatic heterocycles. The lowest BCUT2D eigenvalue weighted by Gasteiger charge is -2.32. The topological polar surface area (TPSA) is 60.2 Å². The molecular formula is C27H34N4O2. The Hall–Kier alpha value is -2.89. The molecule has 0 atom stereocenters. The number of piperidine rings is 1. The van der Waals surface area contributed by atoms with Crippen LogP contribution in [-0.4, -0.2) is 44.5 Å². The Morgan fingerprint density at radius 1 is 1.03 bits per heavy atom. The summed E-state index contributed by atoms with van der Waals surface area (Å²) in [5, 5.41) is 1.06. The predicted octanol–water partition coefficient (Wildman–Crippen LogP) is 5.17. The van der Waals surface area contributed by atoms with Gasteiger partial charge in [-0.05, 0) is 44.2 Å². The minimum absolute atomic E-state index is 0.0795. The van der Waals surface area contributed by atoms with Crippen LogP contribution in [0.1, 0.15) is 67.8 Å². The number of likely N-dealkylation sites (tertiary alicyclic amines) is 1. The molecule has 1 amide bonds. The number of carbonyl (C=O) groups excluding carboxylic acids is 1. The molecule has 1 aliphatic carbocycles. The number of rotatable bonds is 6. The molecule has 0 unspecified atom stereocenters. The standard InChI is InChI=1S/C27H34N4O2/c1-19-20(2)31(22-10-6-7-11-22)26-25(19)27(29-18-28-26)33-23-14-16-30(17-15-23)24(32)13-12-21-8-4-3-5-9-21/h3-5,8-9,18,22-23H,6-7,10-17H2,1-2H3. The van der Waals surface area contributed by atoms with Crippen LogP contribution in [0.15, 0.2) is 36.7 Å². The fraction of sp³-hybridized carbons (Fsp3) is 0.519. The first kappa shape index (κ1) is 21.9. The number of hydrogen-bond acceptors (Lipinski definition) is 4. The summed E-state index contributed by atoms with van der Waals surface area (Å²) in [5.74, 6) is 0.938. The number of fused-ring (bicyclic) bond motifs is 1. The fourth-order valence-corrected chi connectivity index (χ4v) is 5.53. The average molecular weight is 447 g/mol. The van der Waals surface area contributed by atoms with E-state index in [-0.39, 0.29) is 12.0 Å². The molecule has 6 heteroatoms. The largest absolute Gasteiger partial charge is 0.474 e. The minimum atomic E-state index is 0.0795. The van der Waals surface area contributed by atoms with Gasteiger partial charge < -0.3 is 14.2 Å². The third kappa shape index (κ3) is 4.48. The van der Waals surface area contributed by atoms with E-state index in [1.54, 1.807) is 6.33 Å². The Morgan fingerprint density at radius 3 is 2.48 bits per heavy atom. The van der Waals surface area contributed by atoms with E-state index in [9.17, 15) is 4.79 Å². The van der Waals surface area contributed by atoms with E-state index in [4.69, 9.17) is 4.74 Å². The van der Waals surface area contributed by atoms with Crippen LogP contribution in [0.4, 0.5) is 0 Å². The summed E-state index contributed by atoms with van der Waals surface area (Å²) in [6.45, 7) is 5.84. The summed E-state index contributed by atoms with van der Waals surface area (Å²) in [4.78, 5) is 23.9. The molecule has 1 saturated carbocycles. The van der Waals surface area contributed by atoms with Crippen molar-refractivity contribution >= 4 is 16.9 Å². The highest BCUT2D eigenvalue weighted by atomic mass is 16.5. The Kier molecular flexibility index (Phi) is 6.34. The van der Waals surface area contributed by atoms with Gasteiger partial charge in [-0.15, -0.1) is 0 Å². The smallest absolute Gasteiger partial charge is 0.226 e. The monoisotopic (exact) mass is 446 g/mol. The average Bonchev–Trinajstić information content (AvgIpc) is 3.46. The number of aryl methyl sites for hydroxylation is 2. The van der Waals surface area contributed by atoms with Gasteiger partial charge >= 0.3 is 0 Å². The van der Waals surface area contributed by atoms with Gasteiger partial charge in [-0.3, -0.25) is 4.79 Å². The summed E-state index contributed by atoms with van der Waals surface area (Å²) in [6, 6.07) is 10.8. The van der Waals surface area contributed by atoms with E-state index in [2.05, 4.69) is 40.5 Å². The molecule has 6 nitrogen and oxygen atoms in total. The Morgan fingerprint density at radius 2 is 1.76 bits per heavy atom. The van der Waals surface area contributed by atoms with Crippen molar-refractivity contribution < 1.29 is 9.53 Å². The number of nitrogens with zero attached hydrogens (tertiary/aromatic N) is 4. The highest BCUT2D eigenvalue weighted by Crippen LogP contribution is 2.38. The van der Waals surface area contributed by atoms with Gasteiger partial charge in [0.2, 0.25) is 11.8 Å². The van der Waals surface area contributed by atoms with Gasteiger partial charge in [0, 0.05) is 44.1 Å². The van der Waals surface area contributed by atoms with Crippen molar-refractivity contribution in [1.82, 2.24) is 19.4 Å². The van der Waals surface area contributed by atoms with Crippen LogP contribution < -0.4 is 4.74 Å². The SMILES string of the molecule is Cc1c(C)n(C2CCCC2)c2ncnc(OC3CCN(C(=O)CCc4ccccc4)CC3)c12. The van der Waals surface area contributed by atoms with E-state index < -0.39 is 0 Å². The maximum atomic E-state index is 12.7. The third-order valence-electron chi connectivity index (χ3n) is 7.53. The Labute approximate surface area is 196 Å². The third-order valence-corrected chi connectivity index (χ3v) is 7.53. The lowest BCUT2D eigenvalue weighted by atomic mass is 10.1. The van der Waals surface area contributed by atoms with Crippen molar-refractivity contribution in [3.63, 3.8) is 0 Å². The molecule has 2 fully saturated rings. The van der Waals surface area contributed by atoms with Crippen molar-refractivity contribution in [1.29, 1.82) is 0 Å². The number of amides is 1.